The van der Waals surface area contributed by atoms with Crippen LogP contribution in [0.1, 0.15) is 0 Å². The van der Waals surface area contributed by atoms with Crippen LogP contribution < -0.4 is 14.9 Å². The molecule has 8 nitrogen and oxygen atoms in total. The molecule has 4 aromatic rings. The molecule has 0 fully saturated rings. The lowest BCUT2D eigenvalue weighted by Gasteiger charge is -2.06. The summed E-state index contributed by atoms with van der Waals surface area (Å²) in [7, 11) is 3.19. The molecule has 140 valence electrons. The van der Waals surface area contributed by atoms with Crippen LogP contribution >= 0.6 is 0 Å². The molecular weight excluding hydrogens is 360 g/mol. The minimum atomic E-state index is -0.310. The predicted molar refractivity (Wildman–Crippen MR) is 102 cm³/mol. The molecule has 0 aliphatic rings. The number of rotatable bonds is 5. The Balaban J connectivity index is 1.69. The highest BCUT2D eigenvalue weighted by atomic mass is 16.5. The first-order valence-electron chi connectivity index (χ1n) is 8.41. The third kappa shape index (κ3) is 3.35. The summed E-state index contributed by atoms with van der Waals surface area (Å²) in [6, 6.07) is 15.9. The summed E-state index contributed by atoms with van der Waals surface area (Å²) in [6.45, 7) is 0. The van der Waals surface area contributed by atoms with Crippen molar-refractivity contribution in [3.8, 4) is 40.2 Å². The Morgan fingerprint density at radius 3 is 2.18 bits per heavy atom. The van der Waals surface area contributed by atoms with Gasteiger partial charge in [0.2, 0.25) is 11.3 Å². The molecule has 28 heavy (non-hydrogen) atoms. The number of hydrogen-bond acceptors (Lipinski definition) is 7. The Morgan fingerprint density at radius 2 is 1.54 bits per heavy atom. The van der Waals surface area contributed by atoms with E-state index in [1.54, 1.807) is 37.2 Å². The normalized spacial score (nSPS) is 10.6. The molecule has 0 N–H and O–H groups in total. The van der Waals surface area contributed by atoms with Gasteiger partial charge in [-0.05, 0) is 48.5 Å². The summed E-state index contributed by atoms with van der Waals surface area (Å²) in [4.78, 5) is 16.6. The van der Waals surface area contributed by atoms with Gasteiger partial charge in [0.05, 0.1) is 19.9 Å². The average molecular weight is 376 g/mol. The second-order valence-electron chi connectivity index (χ2n) is 5.82. The van der Waals surface area contributed by atoms with Gasteiger partial charge in [0.15, 0.2) is 5.69 Å². The summed E-state index contributed by atoms with van der Waals surface area (Å²) >= 11 is 0. The molecule has 0 saturated heterocycles. The second-order valence-corrected chi connectivity index (χ2v) is 5.82. The van der Waals surface area contributed by atoms with Gasteiger partial charge in [0.1, 0.15) is 11.5 Å². The SMILES string of the molecule is COc1ccc(-c2noc(-c3nn(-c4ccc(OC)cc4)ccc3=O)n2)cc1. The van der Waals surface area contributed by atoms with E-state index in [0.717, 1.165) is 22.7 Å². The van der Waals surface area contributed by atoms with Gasteiger partial charge in [0, 0.05) is 17.8 Å². The van der Waals surface area contributed by atoms with Crippen LogP contribution in [-0.2, 0) is 0 Å². The molecule has 0 spiro atoms. The van der Waals surface area contributed by atoms with E-state index in [0.29, 0.717) is 5.82 Å². The van der Waals surface area contributed by atoms with E-state index in [1.165, 1.54) is 6.07 Å². The molecule has 0 aliphatic heterocycles. The largest absolute Gasteiger partial charge is 0.497 e. The molecular formula is C20H16N4O4. The van der Waals surface area contributed by atoms with Crippen LogP contribution in [0.2, 0.25) is 0 Å². The Bertz CT molecular complexity index is 1150. The van der Waals surface area contributed by atoms with Crippen molar-refractivity contribution >= 4 is 0 Å². The summed E-state index contributed by atoms with van der Waals surface area (Å²) in [5.41, 5.74) is 1.26. The lowest BCUT2D eigenvalue weighted by molar-refractivity contribution is 0.414. The van der Waals surface area contributed by atoms with E-state index in [-0.39, 0.29) is 17.0 Å². The fourth-order valence-electron chi connectivity index (χ4n) is 2.61. The maximum Gasteiger partial charge on any atom is 0.282 e. The van der Waals surface area contributed by atoms with Crippen molar-refractivity contribution < 1.29 is 14.0 Å². The van der Waals surface area contributed by atoms with Crippen molar-refractivity contribution in [3.63, 3.8) is 0 Å². The van der Waals surface area contributed by atoms with Gasteiger partial charge in [-0.3, -0.25) is 4.79 Å². The fourth-order valence-corrected chi connectivity index (χ4v) is 2.61. The number of methoxy groups -OCH3 is 2. The molecule has 2 aromatic heterocycles. The first kappa shape index (κ1) is 17.5. The van der Waals surface area contributed by atoms with Crippen molar-refractivity contribution in [2.75, 3.05) is 14.2 Å². The van der Waals surface area contributed by atoms with Crippen LogP contribution in [0.3, 0.4) is 0 Å². The van der Waals surface area contributed by atoms with Crippen LogP contribution in [0.15, 0.2) is 70.1 Å². The minimum absolute atomic E-state index is 0.0543. The maximum absolute atomic E-state index is 12.3. The highest BCUT2D eigenvalue weighted by Crippen LogP contribution is 2.22. The van der Waals surface area contributed by atoms with Crippen LogP contribution in [0.4, 0.5) is 0 Å². The highest BCUT2D eigenvalue weighted by molar-refractivity contribution is 5.58. The van der Waals surface area contributed by atoms with Gasteiger partial charge in [-0.15, -0.1) is 0 Å². The fraction of sp³-hybridized carbons (Fsp3) is 0.100. The molecule has 0 saturated carbocycles. The number of ether oxygens (including phenoxy) is 2. The molecule has 4 rings (SSSR count). The molecule has 0 unspecified atom stereocenters. The number of aromatic nitrogens is 4. The van der Waals surface area contributed by atoms with Gasteiger partial charge < -0.3 is 14.0 Å². The predicted octanol–water partition coefficient (Wildman–Crippen LogP) is 2.97. The van der Waals surface area contributed by atoms with E-state index in [1.807, 2.05) is 36.4 Å². The number of nitrogens with zero attached hydrogens (tertiary/aromatic N) is 4. The van der Waals surface area contributed by atoms with Crippen molar-refractivity contribution in [1.82, 2.24) is 19.9 Å². The van der Waals surface area contributed by atoms with Crippen LogP contribution in [0.25, 0.3) is 28.7 Å². The van der Waals surface area contributed by atoms with E-state index in [2.05, 4.69) is 15.2 Å². The van der Waals surface area contributed by atoms with Crippen LogP contribution in [-0.4, -0.2) is 34.1 Å². The second kappa shape index (κ2) is 7.36. The van der Waals surface area contributed by atoms with Crippen molar-refractivity contribution in [1.29, 1.82) is 0 Å². The van der Waals surface area contributed by atoms with E-state index in [4.69, 9.17) is 14.0 Å². The average Bonchev–Trinajstić information content (AvgIpc) is 3.24. The molecule has 0 bridgehead atoms. The summed E-state index contributed by atoms with van der Waals surface area (Å²) < 4.78 is 17.1. The van der Waals surface area contributed by atoms with Gasteiger partial charge in [-0.25, -0.2) is 4.68 Å². The Morgan fingerprint density at radius 1 is 0.893 bits per heavy atom. The topological polar surface area (TPSA) is 92.3 Å². The Hall–Kier alpha value is -3.94. The smallest absolute Gasteiger partial charge is 0.282 e. The van der Waals surface area contributed by atoms with Crippen molar-refractivity contribution in [2.45, 2.75) is 0 Å². The third-order valence-electron chi connectivity index (χ3n) is 4.12. The van der Waals surface area contributed by atoms with Crippen molar-refractivity contribution in [2.24, 2.45) is 0 Å². The van der Waals surface area contributed by atoms with Gasteiger partial charge in [-0.1, -0.05) is 5.16 Å². The van der Waals surface area contributed by atoms with Crippen LogP contribution in [0.5, 0.6) is 11.5 Å². The molecule has 2 heterocycles. The quantitative estimate of drug-likeness (QED) is 0.529. The Kier molecular flexibility index (Phi) is 4.59. The van der Waals surface area contributed by atoms with Gasteiger partial charge in [0.25, 0.3) is 5.89 Å². The monoisotopic (exact) mass is 376 g/mol. The summed E-state index contributed by atoms with van der Waals surface area (Å²) in [5, 5.41) is 8.30. The molecule has 0 radical (unpaired) electrons. The van der Waals surface area contributed by atoms with Crippen LogP contribution in [0, 0.1) is 0 Å². The number of hydrogen-bond donors (Lipinski definition) is 0. The Labute approximate surface area is 160 Å². The zero-order chi connectivity index (χ0) is 19.5. The minimum Gasteiger partial charge on any atom is -0.497 e. The highest BCUT2D eigenvalue weighted by Gasteiger charge is 2.16. The summed E-state index contributed by atoms with van der Waals surface area (Å²) in [5.74, 6) is 1.86. The first-order chi connectivity index (χ1) is 13.7. The molecule has 0 atom stereocenters. The van der Waals surface area contributed by atoms with E-state index < -0.39 is 0 Å². The molecule has 0 amide bonds. The molecule has 8 heteroatoms. The molecule has 2 aromatic carbocycles. The van der Waals surface area contributed by atoms with Gasteiger partial charge in [-0.2, -0.15) is 10.1 Å². The lowest BCUT2D eigenvalue weighted by atomic mass is 10.2. The first-order valence-corrected chi connectivity index (χ1v) is 8.41. The zero-order valence-corrected chi connectivity index (χ0v) is 15.2. The standard InChI is InChI=1S/C20H16N4O4/c1-26-15-7-3-13(4-8-15)19-21-20(28-23-19)18-17(25)11-12-24(22-18)14-5-9-16(27-2)10-6-14/h3-12H,1-2H3. The molecule has 0 aliphatic carbocycles. The third-order valence-corrected chi connectivity index (χ3v) is 4.12. The summed E-state index contributed by atoms with van der Waals surface area (Å²) in [6.07, 6.45) is 1.58. The lowest BCUT2D eigenvalue weighted by Crippen LogP contribution is -2.12. The number of benzene rings is 2. The zero-order valence-electron chi connectivity index (χ0n) is 15.2. The maximum atomic E-state index is 12.3. The van der Waals surface area contributed by atoms with E-state index >= 15 is 0 Å². The van der Waals surface area contributed by atoms with E-state index in [9.17, 15) is 4.79 Å². The van der Waals surface area contributed by atoms with Gasteiger partial charge >= 0.3 is 0 Å². The van der Waals surface area contributed by atoms with Crippen molar-refractivity contribution in [3.05, 3.63) is 71.0 Å².